The highest BCUT2D eigenvalue weighted by Crippen LogP contribution is 2.58. The number of esters is 2. The number of carbonyl (C=O) groups excluding carboxylic acids is 2. The number of alkyl halides is 2. The lowest BCUT2D eigenvalue weighted by atomic mass is 9.90. The van der Waals surface area contributed by atoms with E-state index in [1.165, 1.54) is 4.57 Å². The van der Waals surface area contributed by atoms with Crippen LogP contribution in [0.15, 0.2) is 12.2 Å². The van der Waals surface area contributed by atoms with Gasteiger partial charge in [-0.3, -0.25) is 14.2 Å². The fraction of sp³-hybridized carbons (Fsp3) is 0.579. The van der Waals surface area contributed by atoms with Gasteiger partial charge in [0.1, 0.15) is 28.0 Å². The van der Waals surface area contributed by atoms with Gasteiger partial charge in [0, 0.05) is 0 Å². The molecule has 0 amide bonds. The van der Waals surface area contributed by atoms with Crippen LogP contribution in [0.5, 0.6) is 11.8 Å². The summed E-state index contributed by atoms with van der Waals surface area (Å²) < 4.78 is 16.0. The SMILES string of the molecule is CC(C)(Br)C(=O)OCCn1c(O)c2c(c1O)C1(COC(=O)C(C)(C)Br)C=CC2O1. The van der Waals surface area contributed by atoms with Crippen LogP contribution in [-0.2, 0) is 35.9 Å². The Morgan fingerprint density at radius 2 is 1.72 bits per heavy atom. The van der Waals surface area contributed by atoms with Gasteiger partial charge in [0.25, 0.3) is 0 Å². The number of rotatable bonds is 7. The van der Waals surface area contributed by atoms with Crippen LogP contribution in [0.4, 0.5) is 0 Å². The van der Waals surface area contributed by atoms with Gasteiger partial charge in [-0.2, -0.15) is 0 Å². The Morgan fingerprint density at radius 1 is 1.14 bits per heavy atom. The molecule has 2 aliphatic rings. The summed E-state index contributed by atoms with van der Waals surface area (Å²) in [7, 11) is 0. The van der Waals surface area contributed by atoms with Gasteiger partial charge in [0.05, 0.1) is 17.7 Å². The van der Waals surface area contributed by atoms with Gasteiger partial charge in [-0.25, -0.2) is 0 Å². The summed E-state index contributed by atoms with van der Waals surface area (Å²) in [5.41, 5.74) is -0.393. The smallest absolute Gasteiger partial charge is 0.322 e. The molecular formula is C19H23Br2NO7. The summed E-state index contributed by atoms with van der Waals surface area (Å²) in [5, 5.41) is 21.4. The molecule has 8 nitrogen and oxygen atoms in total. The van der Waals surface area contributed by atoms with Crippen molar-refractivity contribution in [2.24, 2.45) is 0 Å². The Hall–Kier alpha value is -1.52. The van der Waals surface area contributed by atoms with Gasteiger partial charge >= 0.3 is 11.9 Å². The minimum Gasteiger partial charge on any atom is -0.494 e. The lowest BCUT2D eigenvalue weighted by molar-refractivity contribution is -0.153. The molecule has 2 N–H and O–H groups in total. The molecule has 2 atom stereocenters. The Morgan fingerprint density at radius 3 is 2.31 bits per heavy atom. The molecule has 1 aromatic rings. The van der Waals surface area contributed by atoms with Crippen molar-refractivity contribution >= 4 is 43.8 Å². The molecule has 29 heavy (non-hydrogen) atoms. The second-order valence-corrected chi connectivity index (χ2v) is 12.0. The average molecular weight is 537 g/mol. The van der Waals surface area contributed by atoms with E-state index < -0.39 is 32.3 Å². The number of carbonyl (C=O) groups is 2. The van der Waals surface area contributed by atoms with Crippen LogP contribution in [0.1, 0.15) is 44.9 Å². The number of fused-ring (bicyclic) bond motifs is 5. The first-order chi connectivity index (χ1) is 13.3. The summed E-state index contributed by atoms with van der Waals surface area (Å²) >= 11 is 6.47. The third-order valence-corrected chi connectivity index (χ3v) is 5.41. The molecule has 0 spiro atoms. The zero-order valence-corrected chi connectivity index (χ0v) is 19.7. The fourth-order valence-electron chi connectivity index (χ4n) is 3.26. The topological polar surface area (TPSA) is 107 Å². The Labute approximate surface area is 185 Å². The van der Waals surface area contributed by atoms with E-state index in [1.807, 2.05) is 0 Å². The van der Waals surface area contributed by atoms with Crippen molar-refractivity contribution in [3.05, 3.63) is 23.3 Å². The molecule has 10 heteroatoms. The summed E-state index contributed by atoms with van der Waals surface area (Å²) in [4.78, 5) is 24.0. The van der Waals surface area contributed by atoms with E-state index in [0.29, 0.717) is 11.1 Å². The van der Waals surface area contributed by atoms with Crippen molar-refractivity contribution < 1.29 is 34.0 Å². The number of nitrogens with zero attached hydrogens (tertiary/aromatic N) is 1. The normalized spacial score (nSPS) is 22.6. The number of aromatic hydroxyl groups is 2. The van der Waals surface area contributed by atoms with Gasteiger partial charge in [-0.1, -0.05) is 37.9 Å². The van der Waals surface area contributed by atoms with Crippen molar-refractivity contribution in [2.45, 2.75) is 54.6 Å². The van der Waals surface area contributed by atoms with Crippen LogP contribution in [0.25, 0.3) is 0 Å². The second kappa shape index (κ2) is 7.31. The Balaban J connectivity index is 1.79. The molecule has 0 aliphatic carbocycles. The number of halogens is 2. The quantitative estimate of drug-likeness (QED) is 0.313. The number of hydrogen-bond donors (Lipinski definition) is 2. The maximum atomic E-state index is 12.1. The average Bonchev–Trinajstić information content (AvgIpc) is 3.23. The van der Waals surface area contributed by atoms with Crippen molar-refractivity contribution in [2.75, 3.05) is 13.2 Å². The van der Waals surface area contributed by atoms with Crippen LogP contribution in [0.2, 0.25) is 0 Å². The molecule has 160 valence electrons. The predicted octanol–water partition coefficient (Wildman–Crippen LogP) is 3.17. The zero-order valence-electron chi connectivity index (χ0n) is 16.5. The molecule has 3 rings (SSSR count). The third kappa shape index (κ3) is 3.94. The second-order valence-electron chi connectivity index (χ2n) is 8.03. The molecule has 2 aliphatic heterocycles. The van der Waals surface area contributed by atoms with Gasteiger partial charge in [0.15, 0.2) is 5.60 Å². The van der Waals surface area contributed by atoms with Gasteiger partial charge in [0.2, 0.25) is 11.8 Å². The minimum absolute atomic E-state index is 0.0404. The number of hydrogen-bond acceptors (Lipinski definition) is 7. The molecule has 0 radical (unpaired) electrons. The Kier molecular flexibility index (Phi) is 5.59. The molecule has 0 fully saturated rings. The van der Waals surface area contributed by atoms with Crippen LogP contribution >= 0.6 is 31.9 Å². The summed E-state index contributed by atoms with van der Waals surface area (Å²) in [5.74, 6) is -1.32. The molecule has 1 aromatic heterocycles. The molecule has 2 unspecified atom stereocenters. The third-order valence-electron chi connectivity index (χ3n) is 4.77. The standard InChI is InChI=1S/C19H23Br2NO7/c1-17(2,20)15(25)27-8-7-22-13(23)11-10-5-6-19(29-10,12(11)14(22)24)9-28-16(26)18(3,4)21/h5-6,10,23-24H,7-9H2,1-4H3. The van der Waals surface area contributed by atoms with E-state index in [2.05, 4.69) is 31.9 Å². The lowest BCUT2D eigenvalue weighted by Gasteiger charge is -2.25. The molecule has 0 saturated heterocycles. The first-order valence-electron chi connectivity index (χ1n) is 9.02. The maximum Gasteiger partial charge on any atom is 0.322 e. The van der Waals surface area contributed by atoms with Gasteiger partial charge in [-0.15, -0.1) is 0 Å². The molecule has 0 saturated carbocycles. The molecule has 0 aromatic carbocycles. The summed E-state index contributed by atoms with van der Waals surface area (Å²) in [6, 6.07) is 0. The van der Waals surface area contributed by atoms with Gasteiger partial charge in [-0.05, 0) is 33.8 Å². The first kappa shape index (κ1) is 22.2. The summed E-state index contributed by atoms with van der Waals surface area (Å²) in [6.45, 7) is 6.51. The fourth-order valence-corrected chi connectivity index (χ4v) is 3.49. The van der Waals surface area contributed by atoms with E-state index in [-0.39, 0.29) is 31.5 Å². The molecular weight excluding hydrogens is 514 g/mol. The van der Waals surface area contributed by atoms with Crippen molar-refractivity contribution in [3.63, 3.8) is 0 Å². The monoisotopic (exact) mass is 535 g/mol. The lowest BCUT2D eigenvalue weighted by Crippen LogP contribution is -2.34. The van der Waals surface area contributed by atoms with E-state index in [9.17, 15) is 19.8 Å². The van der Waals surface area contributed by atoms with E-state index in [0.717, 1.165) is 0 Å². The minimum atomic E-state index is -1.17. The zero-order chi connectivity index (χ0) is 21.8. The molecule has 2 bridgehead atoms. The van der Waals surface area contributed by atoms with E-state index in [1.54, 1.807) is 39.8 Å². The molecule has 3 heterocycles. The highest BCUT2D eigenvalue weighted by molar-refractivity contribution is 9.10. The van der Waals surface area contributed by atoms with Gasteiger partial charge < -0.3 is 24.4 Å². The number of ether oxygens (including phenoxy) is 3. The van der Waals surface area contributed by atoms with Crippen molar-refractivity contribution in [3.8, 4) is 11.8 Å². The summed E-state index contributed by atoms with van der Waals surface area (Å²) in [6.07, 6.45) is 2.90. The van der Waals surface area contributed by atoms with Crippen LogP contribution in [0.3, 0.4) is 0 Å². The van der Waals surface area contributed by atoms with Crippen molar-refractivity contribution in [1.82, 2.24) is 4.57 Å². The van der Waals surface area contributed by atoms with Crippen LogP contribution < -0.4 is 0 Å². The largest absolute Gasteiger partial charge is 0.494 e. The van der Waals surface area contributed by atoms with E-state index >= 15 is 0 Å². The van der Waals surface area contributed by atoms with Crippen molar-refractivity contribution in [1.29, 1.82) is 0 Å². The van der Waals surface area contributed by atoms with Crippen LogP contribution in [0, 0.1) is 0 Å². The van der Waals surface area contributed by atoms with Crippen LogP contribution in [-0.4, -0.2) is 48.6 Å². The predicted molar refractivity (Wildman–Crippen MR) is 110 cm³/mol. The Bertz CT molecular complexity index is 879. The highest BCUT2D eigenvalue weighted by Gasteiger charge is 2.54. The first-order valence-corrected chi connectivity index (χ1v) is 10.6. The van der Waals surface area contributed by atoms with E-state index in [4.69, 9.17) is 14.2 Å². The number of aromatic nitrogens is 1. The highest BCUT2D eigenvalue weighted by atomic mass is 79.9. The maximum absolute atomic E-state index is 12.1.